The lowest BCUT2D eigenvalue weighted by Gasteiger charge is -2.01. The molecule has 13 heavy (non-hydrogen) atoms. The molecule has 1 aromatic carbocycles. The highest BCUT2D eigenvalue weighted by molar-refractivity contribution is 9.09. The summed E-state index contributed by atoms with van der Waals surface area (Å²) in [6.07, 6.45) is 3.84. The van der Waals surface area contributed by atoms with E-state index in [1.54, 1.807) is 12.1 Å². The first-order valence-electron chi connectivity index (χ1n) is 3.84. The quantitative estimate of drug-likeness (QED) is 0.743. The largest absolute Gasteiger partial charge is 0.494 e. The first-order chi connectivity index (χ1) is 6.27. The van der Waals surface area contributed by atoms with Crippen molar-refractivity contribution in [2.45, 2.75) is 0 Å². The third-order valence-electron chi connectivity index (χ3n) is 1.57. The summed E-state index contributed by atoms with van der Waals surface area (Å²) in [6, 6.07) is 4.76. The van der Waals surface area contributed by atoms with E-state index in [2.05, 4.69) is 15.9 Å². The maximum Gasteiger partial charge on any atom is 0.165 e. The zero-order valence-electron chi connectivity index (χ0n) is 7.26. The van der Waals surface area contributed by atoms with E-state index in [1.165, 1.54) is 13.2 Å². The van der Waals surface area contributed by atoms with Crippen LogP contribution in [0.5, 0.6) is 5.75 Å². The van der Waals surface area contributed by atoms with Crippen molar-refractivity contribution < 1.29 is 9.13 Å². The number of halogens is 2. The van der Waals surface area contributed by atoms with E-state index < -0.39 is 0 Å². The Bertz CT molecular complexity index is 310. The Kier molecular flexibility index (Phi) is 3.96. The number of allylic oxidation sites excluding steroid dienone is 1. The summed E-state index contributed by atoms with van der Waals surface area (Å²) < 4.78 is 17.8. The Balaban J connectivity index is 2.92. The number of ether oxygens (including phenoxy) is 1. The molecule has 0 aliphatic heterocycles. The average Bonchev–Trinajstić information content (AvgIpc) is 2.16. The second kappa shape index (κ2) is 5.02. The smallest absolute Gasteiger partial charge is 0.165 e. The molecule has 1 nitrogen and oxygen atoms in total. The second-order valence-corrected chi connectivity index (χ2v) is 3.10. The highest BCUT2D eigenvalue weighted by atomic mass is 79.9. The van der Waals surface area contributed by atoms with Crippen LogP contribution in [0, 0.1) is 5.82 Å². The molecule has 1 rings (SSSR count). The van der Waals surface area contributed by atoms with Gasteiger partial charge in [0.1, 0.15) is 0 Å². The molecule has 0 aliphatic carbocycles. The Morgan fingerprint density at radius 3 is 2.92 bits per heavy atom. The van der Waals surface area contributed by atoms with E-state index in [4.69, 9.17) is 4.74 Å². The molecule has 0 unspecified atom stereocenters. The molecule has 0 amide bonds. The molecule has 0 heterocycles. The molecular formula is C10H10BrFO. The van der Waals surface area contributed by atoms with Crippen LogP contribution in [0.2, 0.25) is 0 Å². The lowest BCUT2D eigenvalue weighted by molar-refractivity contribution is 0.386. The van der Waals surface area contributed by atoms with E-state index in [-0.39, 0.29) is 11.6 Å². The second-order valence-electron chi connectivity index (χ2n) is 2.45. The van der Waals surface area contributed by atoms with E-state index >= 15 is 0 Å². The van der Waals surface area contributed by atoms with Crippen molar-refractivity contribution in [2.24, 2.45) is 0 Å². The molecule has 0 saturated heterocycles. The van der Waals surface area contributed by atoms with E-state index in [0.717, 1.165) is 10.9 Å². The Hall–Kier alpha value is -0.830. The number of rotatable bonds is 3. The van der Waals surface area contributed by atoms with E-state index in [0.29, 0.717) is 0 Å². The fraction of sp³-hybridized carbons (Fsp3) is 0.200. The van der Waals surface area contributed by atoms with Crippen molar-refractivity contribution in [3.05, 3.63) is 35.7 Å². The van der Waals surface area contributed by atoms with Crippen LogP contribution >= 0.6 is 15.9 Å². The summed E-state index contributed by atoms with van der Waals surface area (Å²) in [4.78, 5) is 0. The van der Waals surface area contributed by atoms with Gasteiger partial charge in [-0.05, 0) is 17.7 Å². The molecule has 70 valence electrons. The summed E-state index contributed by atoms with van der Waals surface area (Å²) in [7, 11) is 1.45. The van der Waals surface area contributed by atoms with Gasteiger partial charge < -0.3 is 4.74 Å². The van der Waals surface area contributed by atoms with Crippen molar-refractivity contribution in [2.75, 3.05) is 12.4 Å². The van der Waals surface area contributed by atoms with Crippen LogP contribution in [-0.4, -0.2) is 12.4 Å². The number of hydrogen-bond donors (Lipinski definition) is 0. The molecule has 0 N–H and O–H groups in total. The molecule has 1 aromatic rings. The van der Waals surface area contributed by atoms with Crippen LogP contribution in [0.4, 0.5) is 4.39 Å². The third-order valence-corrected chi connectivity index (χ3v) is 1.95. The van der Waals surface area contributed by atoms with Crippen LogP contribution in [0.1, 0.15) is 5.56 Å². The molecule has 0 bridgehead atoms. The van der Waals surface area contributed by atoms with Gasteiger partial charge in [-0.1, -0.05) is 34.1 Å². The summed E-state index contributed by atoms with van der Waals surface area (Å²) in [5, 5.41) is 0.784. The van der Waals surface area contributed by atoms with E-state index in [9.17, 15) is 4.39 Å². The van der Waals surface area contributed by atoms with Gasteiger partial charge in [0.15, 0.2) is 11.6 Å². The Morgan fingerprint density at radius 1 is 1.54 bits per heavy atom. The first-order valence-corrected chi connectivity index (χ1v) is 4.96. The van der Waals surface area contributed by atoms with Crippen molar-refractivity contribution >= 4 is 22.0 Å². The predicted octanol–water partition coefficient (Wildman–Crippen LogP) is 3.24. The number of methoxy groups -OCH3 is 1. The molecule has 0 radical (unpaired) electrons. The zero-order valence-corrected chi connectivity index (χ0v) is 8.84. The minimum absolute atomic E-state index is 0.275. The van der Waals surface area contributed by atoms with Crippen molar-refractivity contribution in [1.29, 1.82) is 0 Å². The van der Waals surface area contributed by atoms with Gasteiger partial charge >= 0.3 is 0 Å². The molecule has 0 atom stereocenters. The van der Waals surface area contributed by atoms with Crippen LogP contribution in [-0.2, 0) is 0 Å². The van der Waals surface area contributed by atoms with Crippen molar-refractivity contribution in [3.8, 4) is 5.75 Å². The first kappa shape index (κ1) is 10.3. The van der Waals surface area contributed by atoms with Crippen LogP contribution in [0.25, 0.3) is 6.08 Å². The Labute approximate surface area is 85.3 Å². The average molecular weight is 245 g/mol. The van der Waals surface area contributed by atoms with E-state index in [1.807, 2.05) is 12.2 Å². The van der Waals surface area contributed by atoms with Gasteiger partial charge in [-0.15, -0.1) is 0 Å². The number of hydrogen-bond acceptors (Lipinski definition) is 1. The fourth-order valence-electron chi connectivity index (χ4n) is 0.961. The summed E-state index contributed by atoms with van der Waals surface area (Å²) in [5.41, 5.74) is 0.928. The predicted molar refractivity (Wildman–Crippen MR) is 55.8 cm³/mol. The monoisotopic (exact) mass is 244 g/mol. The minimum Gasteiger partial charge on any atom is -0.494 e. The highest BCUT2D eigenvalue weighted by Crippen LogP contribution is 2.18. The number of alkyl halides is 1. The van der Waals surface area contributed by atoms with Crippen molar-refractivity contribution in [1.82, 2.24) is 0 Å². The molecule has 3 heteroatoms. The highest BCUT2D eigenvalue weighted by Gasteiger charge is 2.00. The number of benzene rings is 1. The van der Waals surface area contributed by atoms with Crippen molar-refractivity contribution in [3.63, 3.8) is 0 Å². The fourth-order valence-corrected chi connectivity index (χ4v) is 1.15. The topological polar surface area (TPSA) is 9.23 Å². The molecule has 0 fully saturated rings. The molecule has 0 aliphatic rings. The van der Waals surface area contributed by atoms with Gasteiger partial charge in [-0.2, -0.15) is 0 Å². The molecule has 0 aromatic heterocycles. The summed E-state index contributed by atoms with van der Waals surface area (Å²) >= 11 is 3.26. The maximum absolute atomic E-state index is 12.9. The summed E-state index contributed by atoms with van der Waals surface area (Å²) in [6.45, 7) is 0. The SMILES string of the molecule is COc1cc(C=CCBr)ccc1F. The van der Waals surface area contributed by atoms with Gasteiger partial charge in [0.25, 0.3) is 0 Å². The van der Waals surface area contributed by atoms with Gasteiger partial charge in [0, 0.05) is 5.33 Å². The van der Waals surface area contributed by atoms with Gasteiger partial charge in [-0.25, -0.2) is 4.39 Å². The van der Waals surface area contributed by atoms with Crippen LogP contribution < -0.4 is 4.74 Å². The molecular weight excluding hydrogens is 235 g/mol. The zero-order chi connectivity index (χ0) is 9.68. The minimum atomic E-state index is -0.335. The summed E-state index contributed by atoms with van der Waals surface area (Å²) in [5.74, 6) is -0.0600. The van der Waals surface area contributed by atoms with Gasteiger partial charge in [0.2, 0.25) is 0 Å². The standard InChI is InChI=1S/C10H10BrFO/c1-13-10-7-8(3-2-6-11)4-5-9(10)12/h2-5,7H,6H2,1H3. The Morgan fingerprint density at radius 2 is 2.31 bits per heavy atom. The normalized spacial score (nSPS) is 10.7. The lowest BCUT2D eigenvalue weighted by atomic mass is 10.2. The van der Waals surface area contributed by atoms with Crippen LogP contribution in [0.3, 0.4) is 0 Å². The van der Waals surface area contributed by atoms with Gasteiger partial charge in [-0.3, -0.25) is 0 Å². The maximum atomic E-state index is 12.9. The third kappa shape index (κ3) is 2.84. The molecule has 0 saturated carbocycles. The van der Waals surface area contributed by atoms with Gasteiger partial charge in [0.05, 0.1) is 7.11 Å². The lowest BCUT2D eigenvalue weighted by Crippen LogP contribution is -1.87. The molecule has 0 spiro atoms. The van der Waals surface area contributed by atoms with Crippen LogP contribution in [0.15, 0.2) is 24.3 Å².